The van der Waals surface area contributed by atoms with Crippen molar-refractivity contribution >= 4 is 49.6 Å². The van der Waals surface area contributed by atoms with E-state index in [0.29, 0.717) is 0 Å². The third-order valence-corrected chi connectivity index (χ3v) is 7.97. The van der Waals surface area contributed by atoms with E-state index >= 15 is 0 Å². The normalized spacial score (nSPS) is 11.3. The van der Waals surface area contributed by atoms with Gasteiger partial charge in [-0.2, -0.15) is 0 Å². The summed E-state index contributed by atoms with van der Waals surface area (Å²) >= 11 is 0. The zero-order valence-corrected chi connectivity index (χ0v) is 22.8. The number of hydrogen-bond donors (Lipinski definition) is 0. The van der Waals surface area contributed by atoms with Gasteiger partial charge in [-0.15, -0.1) is 0 Å². The van der Waals surface area contributed by atoms with Gasteiger partial charge in [0.2, 0.25) is 0 Å². The molecule has 3 heteroatoms. The average molecular weight is 539 g/mol. The number of para-hydroxylation sites is 1. The molecule has 0 radical (unpaired) electrons. The smallest absolute Gasteiger partial charge is 0.168 e. The van der Waals surface area contributed by atoms with Crippen LogP contribution in [0.2, 0.25) is 0 Å². The lowest BCUT2D eigenvalue weighted by molar-refractivity contribution is 0.459. The standard InChI is InChI=1S/C39H26N2O/c1-4-10-27(11-5-1)28-18-22-33(23-19-28)41(32-14-8-3-9-15-32)34-24-20-29-16-17-30-21-25-36-38(37(30)35(29)26-34)39(40-42-36)31-12-6-2-7-13-31/h1-26H. The molecule has 0 aliphatic rings. The summed E-state index contributed by atoms with van der Waals surface area (Å²) in [6.45, 7) is 0. The largest absolute Gasteiger partial charge is 0.356 e. The lowest BCUT2D eigenvalue weighted by atomic mass is 9.96. The van der Waals surface area contributed by atoms with Gasteiger partial charge in [0.15, 0.2) is 5.58 Å². The van der Waals surface area contributed by atoms with Crippen LogP contribution in [0.15, 0.2) is 162 Å². The highest BCUT2D eigenvalue weighted by molar-refractivity contribution is 6.23. The van der Waals surface area contributed by atoms with Crippen molar-refractivity contribution in [2.45, 2.75) is 0 Å². The van der Waals surface area contributed by atoms with E-state index in [1.807, 2.05) is 24.3 Å². The maximum Gasteiger partial charge on any atom is 0.168 e. The first-order chi connectivity index (χ1) is 20.8. The van der Waals surface area contributed by atoms with Gasteiger partial charge in [-0.1, -0.05) is 120 Å². The van der Waals surface area contributed by atoms with Crippen LogP contribution < -0.4 is 4.90 Å². The molecule has 1 aromatic heterocycles. The van der Waals surface area contributed by atoms with Crippen molar-refractivity contribution in [1.29, 1.82) is 0 Å². The zero-order valence-electron chi connectivity index (χ0n) is 22.8. The number of nitrogens with zero attached hydrogens (tertiary/aromatic N) is 2. The van der Waals surface area contributed by atoms with Crippen LogP contribution in [-0.4, -0.2) is 5.16 Å². The maximum absolute atomic E-state index is 5.86. The van der Waals surface area contributed by atoms with Crippen molar-refractivity contribution in [3.8, 4) is 22.4 Å². The third-order valence-electron chi connectivity index (χ3n) is 7.97. The molecule has 0 saturated carbocycles. The van der Waals surface area contributed by atoms with Crippen molar-refractivity contribution in [2.24, 2.45) is 0 Å². The molecule has 0 saturated heterocycles. The number of hydrogen-bond acceptors (Lipinski definition) is 3. The molecule has 7 aromatic carbocycles. The lowest BCUT2D eigenvalue weighted by Gasteiger charge is -2.26. The first kappa shape index (κ1) is 24.2. The molecule has 1 heterocycles. The number of benzene rings is 7. The molecule has 0 spiro atoms. The first-order valence-electron chi connectivity index (χ1n) is 14.1. The summed E-state index contributed by atoms with van der Waals surface area (Å²) in [6, 6.07) is 55.4. The fourth-order valence-corrected chi connectivity index (χ4v) is 5.96. The van der Waals surface area contributed by atoms with Crippen molar-refractivity contribution in [3.63, 3.8) is 0 Å². The molecule has 0 fully saturated rings. The van der Waals surface area contributed by atoms with Gasteiger partial charge in [0, 0.05) is 28.0 Å². The molecule has 42 heavy (non-hydrogen) atoms. The Bertz CT molecular complexity index is 2170. The molecule has 0 unspecified atom stereocenters. The molecule has 0 atom stereocenters. The van der Waals surface area contributed by atoms with Crippen LogP contribution in [0.4, 0.5) is 17.1 Å². The molecule has 0 bridgehead atoms. The highest BCUT2D eigenvalue weighted by Gasteiger charge is 2.18. The van der Waals surface area contributed by atoms with Gasteiger partial charge in [-0.3, -0.25) is 0 Å². The summed E-state index contributed by atoms with van der Waals surface area (Å²) in [5.74, 6) is 0. The zero-order chi connectivity index (χ0) is 27.9. The Morgan fingerprint density at radius 1 is 0.429 bits per heavy atom. The monoisotopic (exact) mass is 538 g/mol. The van der Waals surface area contributed by atoms with E-state index in [9.17, 15) is 0 Å². The number of rotatable bonds is 5. The Labute approximate surface area is 243 Å². The van der Waals surface area contributed by atoms with Gasteiger partial charge in [-0.25, -0.2) is 0 Å². The number of fused-ring (bicyclic) bond motifs is 5. The minimum atomic E-state index is 0.788. The summed E-state index contributed by atoms with van der Waals surface area (Å²) in [7, 11) is 0. The Morgan fingerprint density at radius 2 is 0.976 bits per heavy atom. The number of anilines is 3. The van der Waals surface area contributed by atoms with Gasteiger partial charge < -0.3 is 9.42 Å². The topological polar surface area (TPSA) is 29.3 Å². The Balaban J connectivity index is 1.35. The second-order valence-electron chi connectivity index (χ2n) is 10.5. The summed E-state index contributed by atoms with van der Waals surface area (Å²) in [5.41, 5.74) is 8.38. The van der Waals surface area contributed by atoms with Crippen molar-refractivity contribution in [2.75, 3.05) is 4.90 Å². The molecule has 0 aliphatic heterocycles. The number of aromatic nitrogens is 1. The molecular weight excluding hydrogens is 512 g/mol. The minimum absolute atomic E-state index is 0.788. The van der Waals surface area contributed by atoms with E-state index < -0.39 is 0 Å². The van der Waals surface area contributed by atoms with E-state index in [4.69, 9.17) is 4.52 Å². The van der Waals surface area contributed by atoms with Gasteiger partial charge in [-0.05, 0) is 69.8 Å². The highest BCUT2D eigenvalue weighted by atomic mass is 16.5. The Hall–Kier alpha value is -5.67. The van der Waals surface area contributed by atoms with E-state index in [2.05, 4.69) is 144 Å². The summed E-state index contributed by atoms with van der Waals surface area (Å²) in [5, 5.41) is 10.2. The Kier molecular flexibility index (Phi) is 5.79. The van der Waals surface area contributed by atoms with Crippen LogP contribution in [-0.2, 0) is 0 Å². The van der Waals surface area contributed by atoms with Gasteiger partial charge >= 0.3 is 0 Å². The van der Waals surface area contributed by atoms with Crippen LogP contribution in [0.5, 0.6) is 0 Å². The third kappa shape index (κ3) is 4.11. The van der Waals surface area contributed by atoms with Gasteiger partial charge in [0.25, 0.3) is 0 Å². The van der Waals surface area contributed by atoms with Crippen LogP contribution >= 0.6 is 0 Å². The molecular formula is C39H26N2O. The Morgan fingerprint density at radius 3 is 1.71 bits per heavy atom. The molecule has 3 nitrogen and oxygen atoms in total. The molecule has 8 rings (SSSR count). The van der Waals surface area contributed by atoms with E-state index in [1.54, 1.807) is 0 Å². The summed E-state index contributed by atoms with van der Waals surface area (Å²) in [6.07, 6.45) is 0. The summed E-state index contributed by atoms with van der Waals surface area (Å²) < 4.78 is 5.86. The van der Waals surface area contributed by atoms with Crippen LogP contribution in [0.1, 0.15) is 0 Å². The minimum Gasteiger partial charge on any atom is -0.356 e. The van der Waals surface area contributed by atoms with Crippen LogP contribution in [0.25, 0.3) is 54.9 Å². The first-order valence-corrected chi connectivity index (χ1v) is 14.1. The fourth-order valence-electron chi connectivity index (χ4n) is 5.96. The molecule has 0 amide bonds. The maximum atomic E-state index is 5.86. The van der Waals surface area contributed by atoms with E-state index in [-0.39, 0.29) is 0 Å². The SMILES string of the molecule is c1ccc(-c2ccc(N(c3ccccc3)c3ccc4ccc5ccc6onc(-c7ccccc7)c6c5c4c3)cc2)cc1. The van der Waals surface area contributed by atoms with Gasteiger partial charge in [0.1, 0.15) is 5.69 Å². The molecule has 198 valence electrons. The van der Waals surface area contributed by atoms with Gasteiger partial charge in [0.05, 0.1) is 5.39 Å². The van der Waals surface area contributed by atoms with Crippen molar-refractivity contribution in [3.05, 3.63) is 158 Å². The quantitative estimate of drug-likeness (QED) is 0.204. The van der Waals surface area contributed by atoms with Crippen molar-refractivity contribution < 1.29 is 4.52 Å². The molecule has 0 aliphatic carbocycles. The van der Waals surface area contributed by atoms with E-state index in [1.165, 1.54) is 16.5 Å². The van der Waals surface area contributed by atoms with Crippen LogP contribution in [0.3, 0.4) is 0 Å². The molecule has 8 aromatic rings. The second kappa shape index (κ2) is 10.1. The second-order valence-corrected chi connectivity index (χ2v) is 10.5. The predicted octanol–water partition coefficient (Wildman–Crippen LogP) is 10.9. The highest BCUT2D eigenvalue weighted by Crippen LogP contribution is 2.41. The van der Waals surface area contributed by atoms with Crippen molar-refractivity contribution in [1.82, 2.24) is 5.16 Å². The fraction of sp³-hybridized carbons (Fsp3) is 0. The predicted molar refractivity (Wildman–Crippen MR) is 175 cm³/mol. The summed E-state index contributed by atoms with van der Waals surface area (Å²) in [4.78, 5) is 2.32. The average Bonchev–Trinajstić information content (AvgIpc) is 3.51. The lowest BCUT2D eigenvalue weighted by Crippen LogP contribution is -2.09. The van der Waals surface area contributed by atoms with E-state index in [0.717, 1.165) is 55.4 Å². The molecule has 0 N–H and O–H groups in total. The van der Waals surface area contributed by atoms with Crippen LogP contribution in [0, 0.1) is 0 Å².